The highest BCUT2D eigenvalue weighted by Crippen LogP contribution is 2.70. The number of esters is 4. The van der Waals surface area contributed by atoms with Crippen LogP contribution < -0.4 is 0 Å². The molecule has 2 aliphatic heterocycles. The molecule has 1 aromatic rings. The van der Waals surface area contributed by atoms with Crippen molar-refractivity contribution in [2.75, 3.05) is 6.61 Å². The van der Waals surface area contributed by atoms with E-state index in [0.29, 0.717) is 12.0 Å². The summed E-state index contributed by atoms with van der Waals surface area (Å²) in [4.78, 5) is 52.8. The van der Waals surface area contributed by atoms with E-state index in [0.717, 1.165) is 0 Å². The fourth-order valence-electron chi connectivity index (χ4n) is 8.85. The van der Waals surface area contributed by atoms with Crippen LogP contribution in [0, 0.1) is 29.1 Å². The van der Waals surface area contributed by atoms with Gasteiger partial charge in [0.2, 0.25) is 5.79 Å². The number of benzene rings is 1. The summed E-state index contributed by atoms with van der Waals surface area (Å²) in [6.45, 7) is 12.9. The van der Waals surface area contributed by atoms with Gasteiger partial charge in [-0.05, 0) is 50.8 Å². The first-order valence-corrected chi connectivity index (χ1v) is 15.8. The minimum absolute atomic E-state index is 0.0910. The van der Waals surface area contributed by atoms with Gasteiger partial charge in [-0.1, -0.05) is 50.3 Å². The van der Waals surface area contributed by atoms with Gasteiger partial charge in [-0.15, -0.1) is 0 Å². The van der Waals surface area contributed by atoms with Crippen molar-refractivity contribution in [1.82, 2.24) is 0 Å². The molecule has 4 fully saturated rings. The molecule has 1 spiro atoms. The molecule has 2 saturated heterocycles. The molecule has 11 heteroatoms. The Morgan fingerprint density at radius 3 is 2.26 bits per heavy atom. The number of hydrogen-bond donors (Lipinski definition) is 2. The zero-order chi connectivity index (χ0) is 33.8. The largest absolute Gasteiger partial charge is 0.461 e. The van der Waals surface area contributed by atoms with Crippen molar-refractivity contribution in [3.63, 3.8) is 0 Å². The number of ether oxygens (including phenoxy) is 5. The van der Waals surface area contributed by atoms with Gasteiger partial charge in [0.15, 0.2) is 5.60 Å². The highest BCUT2D eigenvalue weighted by atomic mass is 16.7. The molecule has 11 nitrogen and oxygen atoms in total. The summed E-state index contributed by atoms with van der Waals surface area (Å²) in [7, 11) is 0. The average molecular weight is 641 g/mol. The molecule has 0 aromatic heterocycles. The molecule has 2 bridgehead atoms. The van der Waals surface area contributed by atoms with Gasteiger partial charge in [0.1, 0.15) is 23.9 Å². The molecule has 250 valence electrons. The lowest BCUT2D eigenvalue weighted by Gasteiger charge is -2.62. The van der Waals surface area contributed by atoms with Crippen LogP contribution in [0.1, 0.15) is 71.2 Å². The van der Waals surface area contributed by atoms with E-state index in [1.54, 1.807) is 56.3 Å². The average Bonchev–Trinajstić information content (AvgIpc) is 3.18. The highest BCUT2D eigenvalue weighted by Gasteiger charge is 2.86. The van der Waals surface area contributed by atoms with Crippen LogP contribution in [0.5, 0.6) is 0 Å². The number of carbonyl (C=O) groups is 4. The van der Waals surface area contributed by atoms with E-state index in [1.807, 2.05) is 6.92 Å². The first-order chi connectivity index (χ1) is 21.6. The molecule has 6 rings (SSSR count). The Hall–Kier alpha value is -3.54. The van der Waals surface area contributed by atoms with Crippen LogP contribution in [0.15, 0.2) is 54.6 Å². The van der Waals surface area contributed by atoms with Gasteiger partial charge in [0.25, 0.3) is 0 Å². The standard InChI is InChI=1S/C35H44O11/c1-8-12-26(38)44-28-20(4)17-34(46-22(6)37)27(28)30(45-31(39)23-13-10-9-11-14-23)33-18-42-35(34,41)32(7,40)29(33)24(19(2)3)15-16-25(33)43-21(5)36/h9-11,13-16,20,24-25,27-30,40-41H,2,8,12,17-18H2,1,3-7H3. The van der Waals surface area contributed by atoms with Gasteiger partial charge in [0, 0.05) is 32.1 Å². The molecule has 0 radical (unpaired) electrons. The third-order valence-corrected chi connectivity index (χ3v) is 10.4. The zero-order valence-corrected chi connectivity index (χ0v) is 27.2. The lowest BCUT2D eigenvalue weighted by Crippen LogP contribution is -2.77. The molecule has 11 atom stereocenters. The highest BCUT2D eigenvalue weighted by molar-refractivity contribution is 5.89. The van der Waals surface area contributed by atoms with Gasteiger partial charge in [-0.3, -0.25) is 14.4 Å². The summed E-state index contributed by atoms with van der Waals surface area (Å²) in [5.74, 6) is -8.85. The molecule has 2 saturated carbocycles. The van der Waals surface area contributed by atoms with E-state index in [9.17, 15) is 29.4 Å². The van der Waals surface area contributed by atoms with Crippen LogP contribution in [0.3, 0.4) is 0 Å². The van der Waals surface area contributed by atoms with Crippen LogP contribution in [-0.2, 0) is 38.1 Å². The van der Waals surface area contributed by atoms with Crippen LogP contribution in [0.2, 0.25) is 0 Å². The normalized spacial score (nSPS) is 40.6. The summed E-state index contributed by atoms with van der Waals surface area (Å²) in [5, 5.41) is 25.6. The van der Waals surface area contributed by atoms with E-state index < -0.39 is 88.3 Å². The van der Waals surface area contributed by atoms with Crippen LogP contribution >= 0.6 is 0 Å². The zero-order valence-electron chi connectivity index (χ0n) is 27.2. The van der Waals surface area contributed by atoms with E-state index >= 15 is 0 Å². The summed E-state index contributed by atoms with van der Waals surface area (Å²) >= 11 is 0. The van der Waals surface area contributed by atoms with Crippen molar-refractivity contribution in [1.29, 1.82) is 0 Å². The molecule has 5 aliphatic rings. The maximum atomic E-state index is 14.0. The number of fused-ring (bicyclic) bond motifs is 1. The molecule has 1 aromatic carbocycles. The van der Waals surface area contributed by atoms with E-state index in [2.05, 4.69) is 6.58 Å². The number of allylic oxidation sites excluding steroid dienone is 2. The first-order valence-electron chi connectivity index (χ1n) is 15.8. The lowest BCUT2D eigenvalue weighted by atomic mass is 9.52. The minimum Gasteiger partial charge on any atom is -0.461 e. The van der Waals surface area contributed by atoms with Gasteiger partial charge in [-0.25, -0.2) is 4.79 Å². The van der Waals surface area contributed by atoms with Gasteiger partial charge in [-0.2, -0.15) is 0 Å². The van der Waals surface area contributed by atoms with Crippen molar-refractivity contribution in [2.45, 2.75) is 96.1 Å². The smallest absolute Gasteiger partial charge is 0.338 e. The van der Waals surface area contributed by atoms with Crippen molar-refractivity contribution in [3.05, 3.63) is 60.2 Å². The molecular formula is C35H44O11. The Balaban J connectivity index is 1.87. The van der Waals surface area contributed by atoms with Crippen LogP contribution in [0.25, 0.3) is 0 Å². The fraction of sp³-hybridized carbons (Fsp3) is 0.600. The lowest BCUT2D eigenvalue weighted by molar-refractivity contribution is -0.411. The third-order valence-electron chi connectivity index (χ3n) is 10.4. The molecular weight excluding hydrogens is 596 g/mol. The number of carbonyl (C=O) groups excluding carboxylic acids is 4. The Morgan fingerprint density at radius 2 is 1.67 bits per heavy atom. The molecule has 3 aliphatic carbocycles. The molecule has 2 heterocycles. The summed E-state index contributed by atoms with van der Waals surface area (Å²) < 4.78 is 31.0. The fourth-order valence-corrected chi connectivity index (χ4v) is 8.85. The Bertz CT molecular complexity index is 1430. The topological polar surface area (TPSA) is 155 Å². The van der Waals surface area contributed by atoms with E-state index in [-0.39, 0.29) is 25.0 Å². The molecule has 11 unspecified atom stereocenters. The predicted molar refractivity (Wildman–Crippen MR) is 163 cm³/mol. The quantitative estimate of drug-likeness (QED) is 0.243. The van der Waals surface area contributed by atoms with Gasteiger partial charge >= 0.3 is 23.9 Å². The number of hydrogen-bond acceptors (Lipinski definition) is 11. The van der Waals surface area contributed by atoms with Crippen molar-refractivity contribution in [3.8, 4) is 0 Å². The monoisotopic (exact) mass is 640 g/mol. The molecule has 46 heavy (non-hydrogen) atoms. The van der Waals surface area contributed by atoms with E-state index in [4.69, 9.17) is 23.7 Å². The summed E-state index contributed by atoms with van der Waals surface area (Å²) in [6, 6.07) is 8.23. The minimum atomic E-state index is -2.60. The second kappa shape index (κ2) is 11.9. The Morgan fingerprint density at radius 1 is 1.00 bits per heavy atom. The number of aliphatic hydroxyl groups is 2. The van der Waals surface area contributed by atoms with Gasteiger partial charge in [0.05, 0.1) is 23.5 Å². The van der Waals surface area contributed by atoms with Crippen molar-refractivity contribution < 1.29 is 53.1 Å². The third kappa shape index (κ3) is 4.89. The number of rotatable bonds is 8. The molecule has 0 amide bonds. The first kappa shape index (κ1) is 33.8. The summed E-state index contributed by atoms with van der Waals surface area (Å²) in [5.41, 5.74) is -5.09. The predicted octanol–water partition coefficient (Wildman–Crippen LogP) is 3.66. The van der Waals surface area contributed by atoms with E-state index in [1.165, 1.54) is 20.8 Å². The van der Waals surface area contributed by atoms with Crippen LogP contribution in [0.4, 0.5) is 0 Å². The van der Waals surface area contributed by atoms with Crippen molar-refractivity contribution >= 4 is 23.9 Å². The summed E-state index contributed by atoms with van der Waals surface area (Å²) in [6.07, 6.45) is 0.265. The SMILES string of the molecule is C=C(C)C1C=CC(OC(C)=O)C23COC(O)(C(C)(O)C12)C1(OC(C)=O)CC(C)C(OC(=O)CCC)C1C3OC(=O)c1ccccc1. The second-order valence-corrected chi connectivity index (χ2v) is 13.5. The second-order valence-electron chi connectivity index (χ2n) is 13.5. The Kier molecular flexibility index (Phi) is 8.76. The maximum absolute atomic E-state index is 14.0. The maximum Gasteiger partial charge on any atom is 0.338 e. The van der Waals surface area contributed by atoms with Crippen LogP contribution in [-0.4, -0.2) is 76.0 Å². The van der Waals surface area contributed by atoms with Gasteiger partial charge < -0.3 is 33.9 Å². The van der Waals surface area contributed by atoms with Crippen molar-refractivity contribution in [2.24, 2.45) is 29.1 Å². The Labute approximate surface area is 268 Å². The molecule has 2 N–H and O–H groups in total.